The number of fused-ring (bicyclic) bond motifs is 2. The van der Waals surface area contributed by atoms with Crippen LogP contribution in [0.15, 0.2) is 24.0 Å². The summed E-state index contributed by atoms with van der Waals surface area (Å²) in [6.45, 7) is 5.78. The van der Waals surface area contributed by atoms with E-state index in [-0.39, 0.29) is 17.9 Å². The topological polar surface area (TPSA) is 29.5 Å². The predicted octanol–water partition coefficient (Wildman–Crippen LogP) is 2.49. The zero-order chi connectivity index (χ0) is 12.8. The fraction of sp³-hybridized carbons (Fsp3) is 0.667. The molecule has 2 heterocycles. The fourth-order valence-electron chi connectivity index (χ4n) is 3.46. The summed E-state index contributed by atoms with van der Waals surface area (Å²) in [5, 5.41) is 0. The van der Waals surface area contributed by atoms with E-state index in [4.69, 9.17) is 4.74 Å². The van der Waals surface area contributed by atoms with E-state index in [9.17, 15) is 4.79 Å². The van der Waals surface area contributed by atoms with Crippen molar-refractivity contribution in [3.8, 4) is 0 Å². The Labute approximate surface area is 108 Å². The molecule has 0 aromatic rings. The minimum Gasteiger partial charge on any atom is -0.495 e. The Kier molecular flexibility index (Phi) is 2.72. The van der Waals surface area contributed by atoms with Crippen molar-refractivity contribution in [2.75, 3.05) is 13.2 Å². The maximum Gasteiger partial charge on any atom is 0.240 e. The van der Waals surface area contributed by atoms with Crippen LogP contribution in [-0.4, -0.2) is 30.0 Å². The first-order valence-electron chi connectivity index (χ1n) is 6.98. The molecule has 2 atom stereocenters. The van der Waals surface area contributed by atoms with Crippen LogP contribution in [-0.2, 0) is 9.53 Å². The molecule has 0 aromatic heterocycles. The molecule has 0 N–H and O–H groups in total. The van der Waals surface area contributed by atoms with Gasteiger partial charge in [0, 0.05) is 6.54 Å². The summed E-state index contributed by atoms with van der Waals surface area (Å²) in [5.41, 5.74) is -0.544. The van der Waals surface area contributed by atoms with E-state index in [1.54, 1.807) is 0 Å². The van der Waals surface area contributed by atoms with Crippen LogP contribution < -0.4 is 0 Å². The normalized spacial score (nSPS) is 34.8. The van der Waals surface area contributed by atoms with Crippen molar-refractivity contribution in [3.05, 3.63) is 24.0 Å². The zero-order valence-corrected chi connectivity index (χ0v) is 11.2. The van der Waals surface area contributed by atoms with Gasteiger partial charge in [0.2, 0.25) is 5.91 Å². The van der Waals surface area contributed by atoms with Gasteiger partial charge in [0.1, 0.15) is 17.8 Å². The highest BCUT2D eigenvalue weighted by molar-refractivity contribution is 5.89. The second-order valence-electron chi connectivity index (χ2n) is 5.84. The minimum atomic E-state index is -0.544. The second kappa shape index (κ2) is 4.15. The first-order chi connectivity index (χ1) is 8.66. The molecule has 0 saturated carbocycles. The first kappa shape index (κ1) is 11.8. The molecular weight excluding hydrogens is 226 g/mol. The predicted molar refractivity (Wildman–Crippen MR) is 69.8 cm³/mol. The van der Waals surface area contributed by atoms with E-state index in [0.717, 1.165) is 31.6 Å². The van der Waals surface area contributed by atoms with Gasteiger partial charge in [0.15, 0.2) is 0 Å². The van der Waals surface area contributed by atoms with E-state index in [1.165, 1.54) is 0 Å². The molecule has 1 amide bonds. The van der Waals surface area contributed by atoms with Crippen LogP contribution in [0.1, 0.15) is 33.1 Å². The third-order valence-electron chi connectivity index (χ3n) is 4.56. The number of amides is 1. The molecule has 1 aliphatic carbocycles. The van der Waals surface area contributed by atoms with Gasteiger partial charge >= 0.3 is 0 Å². The van der Waals surface area contributed by atoms with Crippen molar-refractivity contribution < 1.29 is 9.53 Å². The van der Waals surface area contributed by atoms with Crippen LogP contribution in [0.2, 0.25) is 0 Å². The quantitative estimate of drug-likeness (QED) is 0.666. The number of carbonyl (C=O) groups is 1. The van der Waals surface area contributed by atoms with Crippen LogP contribution in [0.25, 0.3) is 0 Å². The van der Waals surface area contributed by atoms with Crippen LogP contribution in [0.3, 0.4) is 0 Å². The summed E-state index contributed by atoms with van der Waals surface area (Å²) >= 11 is 0. The third-order valence-corrected chi connectivity index (χ3v) is 4.56. The molecule has 98 valence electrons. The molecule has 0 radical (unpaired) electrons. The Bertz CT molecular complexity index is 424. The van der Waals surface area contributed by atoms with Gasteiger partial charge in [-0.1, -0.05) is 26.0 Å². The van der Waals surface area contributed by atoms with Gasteiger partial charge in [-0.05, 0) is 31.3 Å². The van der Waals surface area contributed by atoms with Crippen LogP contribution >= 0.6 is 0 Å². The number of rotatable bonds is 1. The van der Waals surface area contributed by atoms with Gasteiger partial charge in [-0.25, -0.2) is 0 Å². The Hall–Kier alpha value is -1.25. The van der Waals surface area contributed by atoms with Gasteiger partial charge in [0.25, 0.3) is 0 Å². The smallest absolute Gasteiger partial charge is 0.240 e. The summed E-state index contributed by atoms with van der Waals surface area (Å²) in [4.78, 5) is 15.0. The van der Waals surface area contributed by atoms with Gasteiger partial charge in [-0.2, -0.15) is 0 Å². The summed E-state index contributed by atoms with van der Waals surface area (Å²) in [6, 6.07) is 0.285. The van der Waals surface area contributed by atoms with E-state index < -0.39 is 5.41 Å². The molecule has 3 rings (SSSR count). The number of hydrogen-bond acceptors (Lipinski definition) is 2. The Balaban J connectivity index is 2.07. The number of hydrogen-bond donors (Lipinski definition) is 0. The maximum absolute atomic E-state index is 13.0. The molecule has 2 fully saturated rings. The zero-order valence-electron chi connectivity index (χ0n) is 11.2. The van der Waals surface area contributed by atoms with Gasteiger partial charge < -0.3 is 9.64 Å². The second-order valence-corrected chi connectivity index (χ2v) is 5.84. The van der Waals surface area contributed by atoms with E-state index in [0.29, 0.717) is 6.61 Å². The molecule has 0 spiro atoms. The van der Waals surface area contributed by atoms with Gasteiger partial charge in [-0.15, -0.1) is 0 Å². The lowest BCUT2D eigenvalue weighted by Gasteiger charge is -2.37. The van der Waals surface area contributed by atoms with Gasteiger partial charge in [-0.3, -0.25) is 4.79 Å². The average molecular weight is 247 g/mol. The lowest BCUT2D eigenvalue weighted by atomic mass is 9.72. The third kappa shape index (κ3) is 1.46. The Morgan fingerprint density at radius 3 is 3.11 bits per heavy atom. The number of ether oxygens (including phenoxy) is 1. The minimum absolute atomic E-state index is 0.229. The molecule has 2 aliphatic heterocycles. The standard InChI is InChI=1S/C15H21NO2/c1-11(2)15-8-4-3-7-13(15)18-10-12-6-5-9-16(12)14(15)17/h4,7-8,11-12H,3,5-6,9-10H2,1-2H3/t12-,15+/m0/s1. The lowest BCUT2D eigenvalue weighted by molar-refractivity contribution is -0.139. The largest absolute Gasteiger partial charge is 0.495 e. The van der Waals surface area contributed by atoms with Crippen molar-refractivity contribution in [2.45, 2.75) is 39.2 Å². The molecule has 3 nitrogen and oxygen atoms in total. The summed E-state index contributed by atoms with van der Waals surface area (Å²) < 4.78 is 6.00. The molecule has 0 unspecified atom stereocenters. The molecule has 18 heavy (non-hydrogen) atoms. The molecule has 0 bridgehead atoms. The highest BCUT2D eigenvalue weighted by Crippen LogP contribution is 2.45. The molecule has 2 saturated heterocycles. The lowest BCUT2D eigenvalue weighted by Crippen LogP contribution is -2.47. The average Bonchev–Trinajstić information content (AvgIpc) is 2.79. The van der Waals surface area contributed by atoms with Crippen molar-refractivity contribution in [1.82, 2.24) is 4.90 Å². The van der Waals surface area contributed by atoms with Crippen LogP contribution in [0.4, 0.5) is 0 Å². The number of nitrogens with zero attached hydrogens (tertiary/aromatic N) is 1. The van der Waals surface area contributed by atoms with Crippen molar-refractivity contribution in [2.24, 2.45) is 11.3 Å². The first-order valence-corrected chi connectivity index (χ1v) is 6.98. The monoisotopic (exact) mass is 247 g/mol. The van der Waals surface area contributed by atoms with Crippen molar-refractivity contribution >= 4 is 5.91 Å². The molecule has 3 heteroatoms. The SMILES string of the molecule is CC(C)[C@]12C=CCC=C1OC[C@@H]1CCCN1C2=O. The van der Waals surface area contributed by atoms with Crippen LogP contribution in [0, 0.1) is 11.3 Å². The molecule has 3 aliphatic rings. The van der Waals surface area contributed by atoms with Crippen molar-refractivity contribution in [1.29, 1.82) is 0 Å². The van der Waals surface area contributed by atoms with Crippen LogP contribution in [0.5, 0.6) is 0 Å². The summed E-state index contributed by atoms with van der Waals surface area (Å²) in [6.07, 6.45) is 9.33. The van der Waals surface area contributed by atoms with Gasteiger partial charge in [0.05, 0.1) is 6.04 Å². The molecule has 0 aromatic carbocycles. The Morgan fingerprint density at radius 1 is 1.50 bits per heavy atom. The van der Waals surface area contributed by atoms with E-state index in [1.807, 2.05) is 0 Å². The highest BCUT2D eigenvalue weighted by atomic mass is 16.5. The number of carbonyl (C=O) groups excluding carboxylic acids is 1. The highest BCUT2D eigenvalue weighted by Gasteiger charge is 2.51. The fourth-order valence-corrected chi connectivity index (χ4v) is 3.46. The number of allylic oxidation sites excluding steroid dienone is 2. The Morgan fingerprint density at radius 2 is 2.33 bits per heavy atom. The maximum atomic E-state index is 13.0. The summed E-state index contributed by atoms with van der Waals surface area (Å²) in [7, 11) is 0. The van der Waals surface area contributed by atoms with E-state index >= 15 is 0 Å². The molecular formula is C15H21NO2. The van der Waals surface area contributed by atoms with Crippen molar-refractivity contribution in [3.63, 3.8) is 0 Å². The summed E-state index contributed by atoms with van der Waals surface area (Å²) in [5.74, 6) is 1.37. The van der Waals surface area contributed by atoms with E-state index in [2.05, 4.69) is 37.0 Å².